The van der Waals surface area contributed by atoms with Crippen molar-refractivity contribution in [3.8, 4) is 0 Å². The van der Waals surface area contributed by atoms with Crippen molar-refractivity contribution >= 4 is 0 Å². The minimum atomic E-state index is 0.327. The van der Waals surface area contributed by atoms with Crippen LogP contribution in [0.4, 0.5) is 0 Å². The summed E-state index contributed by atoms with van der Waals surface area (Å²) < 4.78 is 0. The summed E-state index contributed by atoms with van der Waals surface area (Å²) in [7, 11) is 0. The Kier molecular flexibility index (Phi) is 3.74. The van der Waals surface area contributed by atoms with Crippen molar-refractivity contribution in [2.24, 2.45) is 5.92 Å². The molecule has 2 nitrogen and oxygen atoms in total. The summed E-state index contributed by atoms with van der Waals surface area (Å²) in [4.78, 5) is 0. The van der Waals surface area contributed by atoms with Gasteiger partial charge in [-0.3, -0.25) is 0 Å². The van der Waals surface area contributed by atoms with E-state index in [4.69, 9.17) is 0 Å². The molecule has 0 bridgehead atoms. The van der Waals surface area contributed by atoms with Crippen LogP contribution < -0.4 is 10.6 Å². The largest absolute Gasteiger partial charge is 0.311 e. The minimum absolute atomic E-state index is 0.327. The van der Waals surface area contributed by atoms with E-state index in [1.165, 1.54) is 12.8 Å². The van der Waals surface area contributed by atoms with Gasteiger partial charge in [0.2, 0.25) is 0 Å². The van der Waals surface area contributed by atoms with E-state index in [0.717, 1.165) is 19.0 Å². The lowest BCUT2D eigenvalue weighted by Gasteiger charge is -2.39. The van der Waals surface area contributed by atoms with Gasteiger partial charge in [-0.1, -0.05) is 20.8 Å². The fourth-order valence-corrected chi connectivity index (χ4v) is 1.86. The first kappa shape index (κ1) is 11.0. The normalized spacial score (nSPS) is 35.3. The van der Waals surface area contributed by atoms with Crippen molar-refractivity contribution in [3.63, 3.8) is 0 Å². The first-order valence-electron chi connectivity index (χ1n) is 5.54. The summed E-state index contributed by atoms with van der Waals surface area (Å²) in [6.07, 6.45) is 2.49. The van der Waals surface area contributed by atoms with E-state index in [1.54, 1.807) is 0 Å². The molecule has 0 amide bonds. The Bertz CT molecular complexity index is 146. The molecule has 1 aliphatic rings. The second-order valence-corrected chi connectivity index (χ2v) is 5.00. The number of rotatable bonds is 3. The number of piperazine rings is 1. The van der Waals surface area contributed by atoms with Gasteiger partial charge in [-0.05, 0) is 25.7 Å². The summed E-state index contributed by atoms with van der Waals surface area (Å²) in [6, 6.07) is 0.680. The monoisotopic (exact) mass is 184 g/mol. The molecule has 1 heterocycles. The van der Waals surface area contributed by atoms with Crippen molar-refractivity contribution in [2.45, 2.75) is 52.1 Å². The molecule has 0 aliphatic carbocycles. The van der Waals surface area contributed by atoms with Gasteiger partial charge in [-0.2, -0.15) is 0 Å². The van der Waals surface area contributed by atoms with E-state index in [1.807, 2.05) is 0 Å². The predicted octanol–water partition coefficient (Wildman–Crippen LogP) is 1.76. The van der Waals surface area contributed by atoms with Gasteiger partial charge >= 0.3 is 0 Å². The van der Waals surface area contributed by atoms with Crippen LogP contribution in [0.5, 0.6) is 0 Å². The van der Waals surface area contributed by atoms with E-state index in [9.17, 15) is 0 Å². The van der Waals surface area contributed by atoms with E-state index in [2.05, 4.69) is 38.3 Å². The van der Waals surface area contributed by atoms with E-state index in [-0.39, 0.29) is 0 Å². The molecule has 0 saturated carbocycles. The molecule has 0 aromatic rings. The smallest absolute Gasteiger partial charge is 0.0276 e. The van der Waals surface area contributed by atoms with E-state index in [0.29, 0.717) is 11.6 Å². The molecule has 0 spiro atoms. The van der Waals surface area contributed by atoms with Gasteiger partial charge in [0, 0.05) is 24.7 Å². The zero-order valence-electron chi connectivity index (χ0n) is 9.48. The molecule has 0 radical (unpaired) electrons. The van der Waals surface area contributed by atoms with Crippen LogP contribution in [0.3, 0.4) is 0 Å². The minimum Gasteiger partial charge on any atom is -0.311 e. The highest BCUT2D eigenvalue weighted by Gasteiger charge is 2.28. The molecule has 0 aromatic carbocycles. The predicted molar refractivity (Wildman–Crippen MR) is 57.9 cm³/mol. The van der Waals surface area contributed by atoms with Crippen molar-refractivity contribution in [3.05, 3.63) is 0 Å². The fourth-order valence-electron chi connectivity index (χ4n) is 1.86. The Hall–Kier alpha value is -0.0800. The van der Waals surface area contributed by atoms with Crippen LogP contribution in [0.2, 0.25) is 0 Å². The van der Waals surface area contributed by atoms with Crippen LogP contribution in [0.1, 0.15) is 40.5 Å². The molecule has 13 heavy (non-hydrogen) atoms. The molecule has 1 aliphatic heterocycles. The third kappa shape index (κ3) is 3.28. The van der Waals surface area contributed by atoms with Crippen LogP contribution in [0, 0.1) is 5.92 Å². The standard InChI is InChI=1S/C11H24N2/c1-5-11(4)8-12-10(7-13-11)6-9(2)3/h9-10,12-13H,5-8H2,1-4H3. The Morgan fingerprint density at radius 3 is 2.54 bits per heavy atom. The van der Waals surface area contributed by atoms with Crippen LogP contribution in [0.25, 0.3) is 0 Å². The second-order valence-electron chi connectivity index (χ2n) is 5.00. The van der Waals surface area contributed by atoms with Gasteiger partial charge in [0.15, 0.2) is 0 Å². The Morgan fingerprint density at radius 2 is 2.15 bits per heavy atom. The zero-order valence-corrected chi connectivity index (χ0v) is 9.48. The summed E-state index contributed by atoms with van der Waals surface area (Å²) in [5, 5.41) is 7.27. The molecule has 2 unspecified atom stereocenters. The van der Waals surface area contributed by atoms with Gasteiger partial charge in [0.05, 0.1) is 0 Å². The average molecular weight is 184 g/mol. The molecule has 1 rings (SSSR count). The van der Waals surface area contributed by atoms with Crippen LogP contribution in [-0.4, -0.2) is 24.7 Å². The Labute approximate surface area is 82.5 Å². The maximum atomic E-state index is 3.64. The molecule has 2 N–H and O–H groups in total. The number of nitrogens with one attached hydrogen (secondary N) is 2. The lowest BCUT2D eigenvalue weighted by molar-refractivity contribution is 0.230. The highest BCUT2D eigenvalue weighted by molar-refractivity contribution is 4.92. The average Bonchev–Trinajstić information content (AvgIpc) is 2.09. The quantitative estimate of drug-likeness (QED) is 0.698. The van der Waals surface area contributed by atoms with Crippen molar-refractivity contribution in [2.75, 3.05) is 13.1 Å². The second kappa shape index (κ2) is 4.43. The van der Waals surface area contributed by atoms with Crippen molar-refractivity contribution in [1.29, 1.82) is 0 Å². The SMILES string of the molecule is CCC1(C)CNC(CC(C)C)CN1. The summed E-state index contributed by atoms with van der Waals surface area (Å²) in [6.45, 7) is 11.4. The van der Waals surface area contributed by atoms with E-state index < -0.39 is 0 Å². The van der Waals surface area contributed by atoms with Crippen LogP contribution in [0.15, 0.2) is 0 Å². The topological polar surface area (TPSA) is 24.1 Å². The number of hydrogen-bond acceptors (Lipinski definition) is 2. The molecule has 2 heteroatoms. The van der Waals surface area contributed by atoms with Gasteiger partial charge < -0.3 is 10.6 Å². The van der Waals surface area contributed by atoms with Crippen LogP contribution in [-0.2, 0) is 0 Å². The Balaban J connectivity index is 2.30. The fraction of sp³-hybridized carbons (Fsp3) is 1.00. The molecule has 1 saturated heterocycles. The third-order valence-electron chi connectivity index (χ3n) is 3.09. The first-order chi connectivity index (χ1) is 6.06. The lowest BCUT2D eigenvalue weighted by atomic mass is 9.93. The third-order valence-corrected chi connectivity index (χ3v) is 3.09. The summed E-state index contributed by atoms with van der Waals surface area (Å²) >= 11 is 0. The van der Waals surface area contributed by atoms with Crippen molar-refractivity contribution in [1.82, 2.24) is 10.6 Å². The zero-order chi connectivity index (χ0) is 9.90. The summed E-state index contributed by atoms with van der Waals surface area (Å²) in [5.41, 5.74) is 0.327. The van der Waals surface area contributed by atoms with Gasteiger partial charge in [-0.15, -0.1) is 0 Å². The maximum absolute atomic E-state index is 3.64. The molecule has 1 fully saturated rings. The number of hydrogen-bond donors (Lipinski definition) is 2. The van der Waals surface area contributed by atoms with Gasteiger partial charge in [0.25, 0.3) is 0 Å². The van der Waals surface area contributed by atoms with Crippen molar-refractivity contribution < 1.29 is 0 Å². The van der Waals surface area contributed by atoms with Gasteiger partial charge in [-0.25, -0.2) is 0 Å². The van der Waals surface area contributed by atoms with E-state index >= 15 is 0 Å². The Morgan fingerprint density at radius 1 is 1.46 bits per heavy atom. The lowest BCUT2D eigenvalue weighted by Crippen LogP contribution is -2.61. The molecular weight excluding hydrogens is 160 g/mol. The molecule has 78 valence electrons. The van der Waals surface area contributed by atoms with Gasteiger partial charge in [0.1, 0.15) is 0 Å². The molecular formula is C11H24N2. The summed E-state index contributed by atoms with van der Waals surface area (Å²) in [5.74, 6) is 0.797. The molecule has 2 atom stereocenters. The highest BCUT2D eigenvalue weighted by atomic mass is 15.1. The molecule has 0 aromatic heterocycles. The maximum Gasteiger partial charge on any atom is 0.0276 e. The first-order valence-corrected chi connectivity index (χ1v) is 5.54. The highest BCUT2D eigenvalue weighted by Crippen LogP contribution is 2.14. The van der Waals surface area contributed by atoms with Crippen LogP contribution >= 0.6 is 0 Å².